The normalized spacial score (nSPS) is 11.5. The minimum absolute atomic E-state index is 0.00718. The van der Waals surface area contributed by atoms with Crippen LogP contribution < -0.4 is 5.73 Å². The first kappa shape index (κ1) is 14.3. The second kappa shape index (κ2) is 6.83. The van der Waals surface area contributed by atoms with Crippen molar-refractivity contribution in [1.82, 2.24) is 4.90 Å². The summed E-state index contributed by atoms with van der Waals surface area (Å²) in [5.74, 6) is -0.564. The van der Waals surface area contributed by atoms with E-state index in [1.54, 1.807) is 6.07 Å². The Balaban J connectivity index is 2.74. The van der Waals surface area contributed by atoms with Crippen molar-refractivity contribution in [2.24, 2.45) is 5.73 Å². The largest absolute Gasteiger partial charge is 0.329 e. The second-order valence-electron chi connectivity index (χ2n) is 3.63. The molecule has 0 aliphatic rings. The molecule has 0 unspecified atom stereocenters. The van der Waals surface area contributed by atoms with Gasteiger partial charge in [0.05, 0.1) is 11.6 Å². The highest BCUT2D eigenvalue weighted by Crippen LogP contribution is 2.19. The van der Waals surface area contributed by atoms with Gasteiger partial charge >= 0.3 is 0 Å². The number of nitrogens with two attached hydrogens (primary N) is 1. The molecule has 0 spiro atoms. The monoisotopic (exact) mass is 266 g/mol. The van der Waals surface area contributed by atoms with Gasteiger partial charge in [-0.1, -0.05) is 23.7 Å². The summed E-state index contributed by atoms with van der Waals surface area (Å²) in [5.41, 5.74) is 5.62. The maximum absolute atomic E-state index is 13.6. The summed E-state index contributed by atoms with van der Waals surface area (Å²) in [4.78, 5) is 1.40. The zero-order valence-corrected chi connectivity index (χ0v) is 9.93. The predicted molar refractivity (Wildman–Crippen MR) is 61.7 cm³/mol. The summed E-state index contributed by atoms with van der Waals surface area (Å²) >= 11 is 5.61. The highest BCUT2D eigenvalue weighted by molar-refractivity contribution is 6.30. The average molecular weight is 267 g/mol. The molecule has 0 aliphatic heterocycles. The SMILES string of the molecule is NCCN(Cc1cccc(Cl)c1F)CC(F)F. The quantitative estimate of drug-likeness (QED) is 0.857. The summed E-state index contributed by atoms with van der Waals surface area (Å²) in [7, 11) is 0. The number of alkyl halides is 2. The molecule has 2 nitrogen and oxygen atoms in total. The molecule has 1 aromatic rings. The Morgan fingerprint density at radius 3 is 2.65 bits per heavy atom. The molecular weight excluding hydrogens is 253 g/mol. The molecule has 0 aliphatic carbocycles. The van der Waals surface area contributed by atoms with E-state index in [1.165, 1.54) is 17.0 Å². The average Bonchev–Trinajstić information content (AvgIpc) is 2.24. The molecule has 0 saturated carbocycles. The van der Waals surface area contributed by atoms with Gasteiger partial charge < -0.3 is 5.73 Å². The van der Waals surface area contributed by atoms with Crippen molar-refractivity contribution in [1.29, 1.82) is 0 Å². The third kappa shape index (κ3) is 4.53. The Bertz CT molecular complexity index is 361. The smallest absolute Gasteiger partial charge is 0.251 e. The van der Waals surface area contributed by atoms with Crippen LogP contribution in [0, 0.1) is 5.82 Å². The van der Waals surface area contributed by atoms with Gasteiger partial charge in [0.1, 0.15) is 5.82 Å². The van der Waals surface area contributed by atoms with Gasteiger partial charge in [0.2, 0.25) is 0 Å². The van der Waals surface area contributed by atoms with Gasteiger partial charge in [0, 0.05) is 25.2 Å². The van der Waals surface area contributed by atoms with Crippen LogP contribution in [0.3, 0.4) is 0 Å². The van der Waals surface area contributed by atoms with Gasteiger partial charge in [-0.3, -0.25) is 4.90 Å². The summed E-state index contributed by atoms with van der Waals surface area (Å²) in [5, 5.41) is -0.00718. The van der Waals surface area contributed by atoms with Gasteiger partial charge in [0.25, 0.3) is 6.43 Å². The van der Waals surface area contributed by atoms with Crippen molar-refractivity contribution in [3.8, 4) is 0 Å². The van der Waals surface area contributed by atoms with E-state index in [4.69, 9.17) is 17.3 Å². The fourth-order valence-corrected chi connectivity index (χ4v) is 1.72. The summed E-state index contributed by atoms with van der Waals surface area (Å²) in [6.45, 7) is 0.183. The molecule has 17 heavy (non-hydrogen) atoms. The second-order valence-corrected chi connectivity index (χ2v) is 4.04. The van der Waals surface area contributed by atoms with Crippen molar-refractivity contribution in [2.45, 2.75) is 13.0 Å². The Labute approximate surface area is 103 Å². The lowest BCUT2D eigenvalue weighted by Gasteiger charge is -2.21. The third-order valence-corrected chi connectivity index (χ3v) is 2.56. The molecule has 0 heterocycles. The molecule has 6 heteroatoms. The summed E-state index contributed by atoms with van der Waals surface area (Å²) in [6, 6.07) is 4.53. The van der Waals surface area contributed by atoms with E-state index in [2.05, 4.69) is 0 Å². The zero-order chi connectivity index (χ0) is 12.8. The van der Waals surface area contributed by atoms with E-state index < -0.39 is 18.8 Å². The maximum atomic E-state index is 13.6. The Hall–Kier alpha value is -0.780. The molecule has 0 saturated heterocycles. The van der Waals surface area contributed by atoms with E-state index in [1.807, 2.05) is 0 Å². The van der Waals surface area contributed by atoms with Gasteiger partial charge in [-0.25, -0.2) is 13.2 Å². The lowest BCUT2D eigenvalue weighted by Crippen LogP contribution is -2.33. The third-order valence-electron chi connectivity index (χ3n) is 2.27. The van der Waals surface area contributed by atoms with Crippen LogP contribution >= 0.6 is 11.6 Å². The molecule has 0 bridgehead atoms. The van der Waals surface area contributed by atoms with Gasteiger partial charge in [-0.15, -0.1) is 0 Å². The number of nitrogens with zero attached hydrogens (tertiary/aromatic N) is 1. The molecule has 96 valence electrons. The highest BCUT2D eigenvalue weighted by atomic mass is 35.5. The molecule has 1 aromatic carbocycles. The Kier molecular flexibility index (Phi) is 5.74. The van der Waals surface area contributed by atoms with Crippen LogP contribution in [-0.4, -0.2) is 31.0 Å². The molecule has 0 atom stereocenters. The number of rotatable bonds is 6. The number of halogens is 4. The highest BCUT2D eigenvalue weighted by Gasteiger charge is 2.14. The van der Waals surface area contributed by atoms with Crippen molar-refractivity contribution < 1.29 is 13.2 Å². The molecule has 0 aromatic heterocycles. The fraction of sp³-hybridized carbons (Fsp3) is 0.455. The van der Waals surface area contributed by atoms with Crippen LogP contribution in [0.15, 0.2) is 18.2 Å². The van der Waals surface area contributed by atoms with E-state index in [0.717, 1.165) is 0 Å². The number of hydrogen-bond donors (Lipinski definition) is 1. The minimum Gasteiger partial charge on any atom is -0.329 e. The Morgan fingerprint density at radius 2 is 2.06 bits per heavy atom. The van der Waals surface area contributed by atoms with Crippen LogP contribution in [0.2, 0.25) is 5.02 Å². The van der Waals surface area contributed by atoms with Gasteiger partial charge in [-0.2, -0.15) is 0 Å². The molecule has 0 radical (unpaired) electrons. The van der Waals surface area contributed by atoms with Crippen LogP contribution in [0.25, 0.3) is 0 Å². The summed E-state index contributed by atoms with van der Waals surface area (Å²) < 4.78 is 38.1. The first-order valence-electron chi connectivity index (χ1n) is 5.18. The standard InChI is InChI=1S/C11H14ClF3N2/c12-9-3-1-2-8(11(9)15)6-17(5-4-16)7-10(13)14/h1-3,10H,4-7,16H2. The molecule has 0 amide bonds. The van der Waals surface area contributed by atoms with Gasteiger partial charge in [0.15, 0.2) is 0 Å². The van der Waals surface area contributed by atoms with Crippen molar-refractivity contribution in [3.63, 3.8) is 0 Å². The fourth-order valence-electron chi connectivity index (χ4n) is 1.52. The molecule has 1 rings (SSSR count). The zero-order valence-electron chi connectivity index (χ0n) is 9.17. The van der Waals surface area contributed by atoms with Crippen molar-refractivity contribution >= 4 is 11.6 Å². The topological polar surface area (TPSA) is 29.3 Å². The van der Waals surface area contributed by atoms with E-state index >= 15 is 0 Å². The molecular formula is C11H14ClF3N2. The van der Waals surface area contributed by atoms with Crippen LogP contribution in [0.4, 0.5) is 13.2 Å². The minimum atomic E-state index is -2.47. The van der Waals surface area contributed by atoms with Crippen molar-refractivity contribution in [3.05, 3.63) is 34.6 Å². The lowest BCUT2D eigenvalue weighted by atomic mass is 10.2. The van der Waals surface area contributed by atoms with Crippen LogP contribution in [0.5, 0.6) is 0 Å². The summed E-state index contributed by atoms with van der Waals surface area (Å²) in [6.07, 6.45) is -2.47. The maximum Gasteiger partial charge on any atom is 0.251 e. The van der Waals surface area contributed by atoms with Crippen LogP contribution in [0.1, 0.15) is 5.56 Å². The first-order valence-corrected chi connectivity index (χ1v) is 5.56. The Morgan fingerprint density at radius 1 is 1.35 bits per heavy atom. The van der Waals surface area contributed by atoms with Crippen molar-refractivity contribution in [2.75, 3.05) is 19.6 Å². The van der Waals surface area contributed by atoms with E-state index in [-0.39, 0.29) is 24.7 Å². The molecule has 2 N–H and O–H groups in total. The predicted octanol–water partition coefficient (Wildman–Crippen LogP) is 2.50. The van der Waals surface area contributed by atoms with Gasteiger partial charge in [-0.05, 0) is 6.07 Å². The first-order chi connectivity index (χ1) is 8.04. The van der Waals surface area contributed by atoms with E-state index in [9.17, 15) is 13.2 Å². The molecule has 0 fully saturated rings. The number of benzene rings is 1. The lowest BCUT2D eigenvalue weighted by molar-refractivity contribution is 0.0857. The van der Waals surface area contributed by atoms with E-state index in [0.29, 0.717) is 5.56 Å². The van der Waals surface area contributed by atoms with Crippen LogP contribution in [-0.2, 0) is 6.54 Å². The number of hydrogen-bond acceptors (Lipinski definition) is 2.